The number of aromatic nitrogens is 1. The van der Waals surface area contributed by atoms with Crippen LogP contribution in [0.15, 0.2) is 29.8 Å². The van der Waals surface area contributed by atoms with Gasteiger partial charge in [-0.3, -0.25) is 0 Å². The molecule has 0 aliphatic carbocycles. The highest BCUT2D eigenvalue weighted by Gasteiger charge is 2.01. The summed E-state index contributed by atoms with van der Waals surface area (Å²) in [6.45, 7) is 0.543. The number of thiazole rings is 1. The van der Waals surface area contributed by atoms with Crippen LogP contribution in [0.2, 0.25) is 5.02 Å². The Balaban J connectivity index is 2.02. The summed E-state index contributed by atoms with van der Waals surface area (Å²) < 4.78 is 13.1. The Hall–Kier alpha value is -1.13. The molecule has 0 unspecified atom stereocenters. The SMILES string of the molecule is Fc1cc(CNc2nccs2)ccc1Cl. The summed E-state index contributed by atoms with van der Waals surface area (Å²) >= 11 is 7.08. The molecule has 0 amide bonds. The molecule has 0 radical (unpaired) electrons. The number of rotatable bonds is 3. The first-order valence-electron chi connectivity index (χ1n) is 4.33. The lowest BCUT2D eigenvalue weighted by atomic mass is 10.2. The van der Waals surface area contributed by atoms with E-state index < -0.39 is 5.82 Å². The number of hydrogen-bond donors (Lipinski definition) is 1. The van der Waals surface area contributed by atoms with Gasteiger partial charge in [0.15, 0.2) is 5.13 Å². The van der Waals surface area contributed by atoms with E-state index in [9.17, 15) is 4.39 Å². The van der Waals surface area contributed by atoms with Gasteiger partial charge in [0, 0.05) is 18.1 Å². The largest absolute Gasteiger partial charge is 0.357 e. The fourth-order valence-electron chi connectivity index (χ4n) is 1.14. The summed E-state index contributed by atoms with van der Waals surface area (Å²) in [6, 6.07) is 4.75. The molecule has 1 N–H and O–H groups in total. The van der Waals surface area contributed by atoms with Gasteiger partial charge in [-0.05, 0) is 17.7 Å². The highest BCUT2D eigenvalue weighted by atomic mass is 35.5. The molecule has 0 saturated heterocycles. The Kier molecular flexibility index (Phi) is 3.18. The monoisotopic (exact) mass is 242 g/mol. The van der Waals surface area contributed by atoms with E-state index in [1.807, 2.05) is 5.38 Å². The molecular formula is C10H8ClFN2S. The minimum Gasteiger partial charge on any atom is -0.357 e. The normalized spacial score (nSPS) is 10.3. The van der Waals surface area contributed by atoms with Crippen molar-refractivity contribution in [3.05, 3.63) is 46.2 Å². The molecule has 0 saturated carbocycles. The molecule has 0 aliphatic heterocycles. The number of nitrogens with one attached hydrogen (secondary N) is 1. The van der Waals surface area contributed by atoms with Crippen LogP contribution < -0.4 is 5.32 Å². The van der Waals surface area contributed by atoms with E-state index in [4.69, 9.17) is 11.6 Å². The highest BCUT2D eigenvalue weighted by Crippen LogP contribution is 2.17. The molecular weight excluding hydrogens is 235 g/mol. The Bertz CT molecular complexity index is 445. The summed E-state index contributed by atoms with van der Waals surface area (Å²) in [5.41, 5.74) is 0.840. The van der Waals surface area contributed by atoms with E-state index in [0.717, 1.165) is 10.7 Å². The van der Waals surface area contributed by atoms with Crippen LogP contribution in [0.5, 0.6) is 0 Å². The van der Waals surface area contributed by atoms with Crippen LogP contribution in [-0.4, -0.2) is 4.98 Å². The van der Waals surface area contributed by atoms with Crippen molar-refractivity contribution in [1.29, 1.82) is 0 Å². The third-order valence-electron chi connectivity index (χ3n) is 1.86. The van der Waals surface area contributed by atoms with E-state index in [2.05, 4.69) is 10.3 Å². The molecule has 0 bridgehead atoms. The first-order valence-corrected chi connectivity index (χ1v) is 5.59. The van der Waals surface area contributed by atoms with Gasteiger partial charge in [0.1, 0.15) is 5.82 Å². The number of hydrogen-bond acceptors (Lipinski definition) is 3. The fraction of sp³-hybridized carbons (Fsp3) is 0.100. The minimum atomic E-state index is -0.393. The van der Waals surface area contributed by atoms with Gasteiger partial charge in [-0.25, -0.2) is 9.37 Å². The zero-order chi connectivity index (χ0) is 10.7. The van der Waals surface area contributed by atoms with Gasteiger partial charge < -0.3 is 5.32 Å². The lowest BCUT2D eigenvalue weighted by Gasteiger charge is -2.03. The Labute approximate surface area is 95.7 Å². The summed E-state index contributed by atoms with van der Waals surface area (Å²) in [7, 11) is 0. The molecule has 2 rings (SSSR count). The maximum Gasteiger partial charge on any atom is 0.182 e. The van der Waals surface area contributed by atoms with Crippen LogP contribution >= 0.6 is 22.9 Å². The van der Waals surface area contributed by atoms with Crippen LogP contribution in [0.25, 0.3) is 0 Å². The summed E-state index contributed by atoms with van der Waals surface area (Å²) in [5.74, 6) is -0.393. The van der Waals surface area contributed by atoms with Crippen molar-refractivity contribution in [2.45, 2.75) is 6.54 Å². The number of anilines is 1. The Morgan fingerprint density at radius 3 is 3.00 bits per heavy atom. The van der Waals surface area contributed by atoms with Crippen molar-refractivity contribution in [3.8, 4) is 0 Å². The third-order valence-corrected chi connectivity index (χ3v) is 2.90. The maximum atomic E-state index is 13.1. The molecule has 78 valence electrons. The molecule has 1 aromatic heterocycles. The second-order valence-corrected chi connectivity index (χ2v) is 4.24. The predicted octanol–water partition coefficient (Wildman–Crippen LogP) is 3.55. The standard InChI is InChI=1S/C10H8ClFN2S/c11-8-2-1-7(5-9(8)12)6-14-10-13-3-4-15-10/h1-5H,6H2,(H,13,14). The molecule has 5 heteroatoms. The van der Waals surface area contributed by atoms with Crippen LogP contribution in [0, 0.1) is 5.82 Å². The molecule has 1 heterocycles. The first-order chi connectivity index (χ1) is 7.25. The van der Waals surface area contributed by atoms with E-state index in [1.54, 1.807) is 18.3 Å². The van der Waals surface area contributed by atoms with Crippen molar-refractivity contribution in [2.75, 3.05) is 5.32 Å². The number of nitrogens with zero attached hydrogens (tertiary/aromatic N) is 1. The number of halogens is 2. The van der Waals surface area contributed by atoms with E-state index in [-0.39, 0.29) is 5.02 Å². The van der Waals surface area contributed by atoms with Crippen molar-refractivity contribution >= 4 is 28.1 Å². The van der Waals surface area contributed by atoms with Gasteiger partial charge in [0.2, 0.25) is 0 Å². The summed E-state index contributed by atoms with van der Waals surface area (Å²) in [6.07, 6.45) is 1.72. The van der Waals surface area contributed by atoms with Crippen molar-refractivity contribution < 1.29 is 4.39 Å². The van der Waals surface area contributed by atoms with Crippen molar-refractivity contribution in [3.63, 3.8) is 0 Å². The topological polar surface area (TPSA) is 24.9 Å². The second-order valence-electron chi connectivity index (χ2n) is 2.94. The number of benzene rings is 1. The van der Waals surface area contributed by atoms with Crippen molar-refractivity contribution in [2.24, 2.45) is 0 Å². The summed E-state index contributed by atoms with van der Waals surface area (Å²) in [4.78, 5) is 4.06. The summed E-state index contributed by atoms with van der Waals surface area (Å²) in [5, 5.41) is 5.94. The predicted molar refractivity (Wildman–Crippen MR) is 60.9 cm³/mol. The van der Waals surface area contributed by atoms with Crippen LogP contribution in [-0.2, 0) is 6.54 Å². The molecule has 15 heavy (non-hydrogen) atoms. The molecule has 0 atom stereocenters. The molecule has 1 aromatic carbocycles. The van der Waals surface area contributed by atoms with Gasteiger partial charge in [0.25, 0.3) is 0 Å². The molecule has 2 aromatic rings. The first kappa shape index (κ1) is 10.4. The lowest BCUT2D eigenvalue weighted by molar-refractivity contribution is 0.626. The van der Waals surface area contributed by atoms with Crippen LogP contribution in [0.4, 0.5) is 9.52 Å². The molecule has 0 aliphatic rings. The zero-order valence-corrected chi connectivity index (χ0v) is 9.28. The third kappa shape index (κ3) is 2.67. The fourth-order valence-corrected chi connectivity index (χ4v) is 1.78. The van der Waals surface area contributed by atoms with Gasteiger partial charge in [0.05, 0.1) is 5.02 Å². The van der Waals surface area contributed by atoms with Gasteiger partial charge in [-0.15, -0.1) is 11.3 Å². The Morgan fingerprint density at radius 1 is 1.47 bits per heavy atom. The quantitative estimate of drug-likeness (QED) is 0.891. The van der Waals surface area contributed by atoms with E-state index >= 15 is 0 Å². The highest BCUT2D eigenvalue weighted by molar-refractivity contribution is 7.13. The smallest absolute Gasteiger partial charge is 0.182 e. The lowest BCUT2D eigenvalue weighted by Crippen LogP contribution is -1.99. The van der Waals surface area contributed by atoms with E-state index in [0.29, 0.717) is 6.54 Å². The van der Waals surface area contributed by atoms with Crippen molar-refractivity contribution in [1.82, 2.24) is 4.98 Å². The van der Waals surface area contributed by atoms with Crippen LogP contribution in [0.3, 0.4) is 0 Å². The van der Waals surface area contributed by atoms with E-state index in [1.165, 1.54) is 17.4 Å². The second kappa shape index (κ2) is 4.59. The Morgan fingerprint density at radius 2 is 2.33 bits per heavy atom. The average molecular weight is 243 g/mol. The van der Waals surface area contributed by atoms with Crippen LogP contribution in [0.1, 0.15) is 5.56 Å². The molecule has 0 spiro atoms. The molecule has 0 fully saturated rings. The molecule has 2 nitrogen and oxygen atoms in total. The van der Waals surface area contributed by atoms with Gasteiger partial charge >= 0.3 is 0 Å². The average Bonchev–Trinajstić information content (AvgIpc) is 2.73. The van der Waals surface area contributed by atoms with Gasteiger partial charge in [-0.1, -0.05) is 17.7 Å². The zero-order valence-electron chi connectivity index (χ0n) is 7.71. The maximum absolute atomic E-state index is 13.1. The minimum absolute atomic E-state index is 0.146. The van der Waals surface area contributed by atoms with Gasteiger partial charge in [-0.2, -0.15) is 0 Å².